The Hall–Kier alpha value is -2.04. The first kappa shape index (κ1) is 15.4. The van der Waals surface area contributed by atoms with E-state index < -0.39 is 6.04 Å². The molecule has 114 valence electrons. The van der Waals surface area contributed by atoms with Crippen LogP contribution in [0.4, 0.5) is 0 Å². The van der Waals surface area contributed by atoms with Gasteiger partial charge in [0.15, 0.2) is 5.84 Å². The minimum absolute atomic E-state index is 0.0187. The maximum Gasteiger partial charge on any atom is 0.224 e. The third-order valence-electron chi connectivity index (χ3n) is 4.12. The van der Waals surface area contributed by atoms with Crippen molar-refractivity contribution in [1.29, 1.82) is 0 Å². The Labute approximate surface area is 125 Å². The number of nitrogens with two attached hydrogens (primary N) is 1. The van der Waals surface area contributed by atoms with E-state index in [4.69, 9.17) is 10.9 Å². The van der Waals surface area contributed by atoms with Crippen molar-refractivity contribution in [1.82, 2.24) is 5.32 Å². The molecule has 0 radical (unpaired) electrons. The first-order valence-electron chi connectivity index (χ1n) is 7.37. The number of nitrogens with zero attached hydrogens (tertiary/aromatic N) is 1. The molecule has 0 saturated carbocycles. The van der Waals surface area contributed by atoms with E-state index >= 15 is 0 Å². The van der Waals surface area contributed by atoms with E-state index in [1.807, 2.05) is 26.0 Å². The van der Waals surface area contributed by atoms with Gasteiger partial charge < -0.3 is 16.3 Å². The Balaban J connectivity index is 2.04. The van der Waals surface area contributed by atoms with Gasteiger partial charge in [0.05, 0.1) is 6.04 Å². The highest BCUT2D eigenvalue weighted by Gasteiger charge is 2.28. The van der Waals surface area contributed by atoms with Crippen molar-refractivity contribution < 1.29 is 10.0 Å². The number of nitrogens with one attached hydrogen (secondary N) is 1. The molecule has 1 aliphatic carbocycles. The van der Waals surface area contributed by atoms with Gasteiger partial charge in [-0.3, -0.25) is 4.79 Å². The van der Waals surface area contributed by atoms with Gasteiger partial charge in [-0.25, -0.2) is 0 Å². The Bertz CT molecular complexity index is 540. The third-order valence-corrected chi connectivity index (χ3v) is 4.12. The standard InChI is InChI=1S/C16H23N3O2/c1-10(2)14(15(17)19-21)18-16(20)13-8-7-11-5-3-4-6-12(11)9-13/h3-6,10,13-14,21H,7-9H2,1-2H3,(H2,17,19)(H,18,20). The molecule has 2 rings (SSSR count). The fourth-order valence-electron chi connectivity index (χ4n) is 2.84. The number of oxime groups is 1. The van der Waals surface area contributed by atoms with Crippen molar-refractivity contribution in [2.75, 3.05) is 0 Å². The van der Waals surface area contributed by atoms with Crippen LogP contribution in [-0.2, 0) is 17.6 Å². The summed E-state index contributed by atoms with van der Waals surface area (Å²) in [5, 5.41) is 14.8. The molecule has 2 unspecified atom stereocenters. The largest absolute Gasteiger partial charge is 0.409 e. The van der Waals surface area contributed by atoms with Crippen LogP contribution in [0.1, 0.15) is 31.4 Å². The van der Waals surface area contributed by atoms with Gasteiger partial charge in [-0.1, -0.05) is 43.3 Å². The number of carbonyl (C=O) groups excluding carboxylic acids is 1. The zero-order valence-corrected chi connectivity index (χ0v) is 12.5. The molecule has 1 aromatic rings. The molecule has 0 heterocycles. The van der Waals surface area contributed by atoms with Crippen LogP contribution in [0.2, 0.25) is 0 Å². The molecule has 2 atom stereocenters. The Kier molecular flexibility index (Phi) is 4.83. The second-order valence-electron chi connectivity index (χ2n) is 5.96. The van der Waals surface area contributed by atoms with Gasteiger partial charge in [-0.05, 0) is 36.3 Å². The summed E-state index contributed by atoms with van der Waals surface area (Å²) in [6.07, 6.45) is 2.51. The summed E-state index contributed by atoms with van der Waals surface area (Å²) in [6, 6.07) is 7.81. The number of fused-ring (bicyclic) bond motifs is 1. The van der Waals surface area contributed by atoms with Crippen molar-refractivity contribution in [3.8, 4) is 0 Å². The fraction of sp³-hybridized carbons (Fsp3) is 0.500. The molecule has 1 aliphatic rings. The third kappa shape index (κ3) is 3.54. The summed E-state index contributed by atoms with van der Waals surface area (Å²) in [7, 11) is 0. The zero-order valence-electron chi connectivity index (χ0n) is 12.5. The number of carbonyl (C=O) groups is 1. The predicted octanol–water partition coefficient (Wildman–Crippen LogP) is 1.68. The molecular formula is C16H23N3O2. The minimum Gasteiger partial charge on any atom is -0.409 e. The maximum absolute atomic E-state index is 12.4. The first-order valence-corrected chi connectivity index (χ1v) is 7.37. The van der Waals surface area contributed by atoms with Crippen LogP contribution in [0.3, 0.4) is 0 Å². The molecule has 4 N–H and O–H groups in total. The van der Waals surface area contributed by atoms with Gasteiger partial charge in [0.2, 0.25) is 5.91 Å². The van der Waals surface area contributed by atoms with Crippen molar-refractivity contribution in [2.45, 2.75) is 39.2 Å². The lowest BCUT2D eigenvalue weighted by Gasteiger charge is -2.27. The summed E-state index contributed by atoms with van der Waals surface area (Å²) in [4.78, 5) is 12.4. The normalized spacial score (nSPS) is 20.0. The Morgan fingerprint density at radius 3 is 2.67 bits per heavy atom. The van der Waals surface area contributed by atoms with E-state index in [1.165, 1.54) is 11.1 Å². The van der Waals surface area contributed by atoms with Crippen molar-refractivity contribution in [3.05, 3.63) is 35.4 Å². The average Bonchev–Trinajstić information content (AvgIpc) is 2.50. The lowest BCUT2D eigenvalue weighted by atomic mass is 9.83. The Morgan fingerprint density at radius 2 is 2.05 bits per heavy atom. The summed E-state index contributed by atoms with van der Waals surface area (Å²) in [5.74, 6) is 0.0535. The fourth-order valence-corrected chi connectivity index (χ4v) is 2.84. The number of amidine groups is 1. The second kappa shape index (κ2) is 6.61. The van der Waals surface area contributed by atoms with E-state index in [0.29, 0.717) is 0 Å². The van der Waals surface area contributed by atoms with E-state index in [0.717, 1.165) is 19.3 Å². The van der Waals surface area contributed by atoms with Crippen LogP contribution in [0.15, 0.2) is 29.4 Å². The highest BCUT2D eigenvalue weighted by atomic mass is 16.4. The maximum atomic E-state index is 12.4. The molecule has 0 fully saturated rings. The lowest BCUT2D eigenvalue weighted by molar-refractivity contribution is -0.125. The summed E-state index contributed by atoms with van der Waals surface area (Å²) in [6.45, 7) is 3.86. The number of hydrogen-bond acceptors (Lipinski definition) is 3. The molecule has 0 aromatic heterocycles. The van der Waals surface area contributed by atoms with Crippen LogP contribution in [-0.4, -0.2) is 23.0 Å². The predicted molar refractivity (Wildman–Crippen MR) is 82.1 cm³/mol. The number of benzene rings is 1. The van der Waals surface area contributed by atoms with Crippen molar-refractivity contribution in [3.63, 3.8) is 0 Å². The molecular weight excluding hydrogens is 266 g/mol. The van der Waals surface area contributed by atoms with Gasteiger partial charge in [-0.15, -0.1) is 0 Å². The quantitative estimate of drug-likeness (QED) is 0.341. The number of aryl methyl sites for hydroxylation is 1. The smallest absolute Gasteiger partial charge is 0.224 e. The number of amides is 1. The zero-order chi connectivity index (χ0) is 15.4. The summed E-state index contributed by atoms with van der Waals surface area (Å²) >= 11 is 0. The van der Waals surface area contributed by atoms with Gasteiger partial charge in [-0.2, -0.15) is 0 Å². The topological polar surface area (TPSA) is 87.7 Å². The number of rotatable bonds is 4. The van der Waals surface area contributed by atoms with Gasteiger partial charge >= 0.3 is 0 Å². The molecule has 5 heteroatoms. The van der Waals surface area contributed by atoms with Crippen LogP contribution in [0, 0.1) is 11.8 Å². The van der Waals surface area contributed by atoms with Gasteiger partial charge in [0.1, 0.15) is 0 Å². The molecule has 0 bridgehead atoms. The van der Waals surface area contributed by atoms with E-state index in [-0.39, 0.29) is 23.6 Å². The minimum atomic E-state index is -0.431. The first-order chi connectivity index (χ1) is 10.0. The number of hydrogen-bond donors (Lipinski definition) is 3. The molecule has 0 spiro atoms. The van der Waals surface area contributed by atoms with E-state index in [1.54, 1.807) is 0 Å². The molecule has 21 heavy (non-hydrogen) atoms. The van der Waals surface area contributed by atoms with Crippen LogP contribution < -0.4 is 11.1 Å². The van der Waals surface area contributed by atoms with Crippen molar-refractivity contribution >= 4 is 11.7 Å². The molecule has 0 aliphatic heterocycles. The van der Waals surface area contributed by atoms with Crippen LogP contribution >= 0.6 is 0 Å². The van der Waals surface area contributed by atoms with Gasteiger partial charge in [0.25, 0.3) is 0 Å². The molecule has 5 nitrogen and oxygen atoms in total. The van der Waals surface area contributed by atoms with Gasteiger partial charge in [0, 0.05) is 5.92 Å². The van der Waals surface area contributed by atoms with E-state index in [2.05, 4.69) is 22.6 Å². The lowest BCUT2D eigenvalue weighted by Crippen LogP contribution is -2.50. The molecule has 1 aromatic carbocycles. The average molecular weight is 289 g/mol. The monoisotopic (exact) mass is 289 g/mol. The summed E-state index contributed by atoms with van der Waals surface area (Å²) < 4.78 is 0. The van der Waals surface area contributed by atoms with Crippen molar-refractivity contribution in [2.24, 2.45) is 22.7 Å². The SMILES string of the molecule is CC(C)C(NC(=O)C1CCc2ccccc2C1)/C(N)=N/O. The Morgan fingerprint density at radius 1 is 1.38 bits per heavy atom. The highest BCUT2D eigenvalue weighted by Crippen LogP contribution is 2.25. The van der Waals surface area contributed by atoms with Crippen LogP contribution in [0.25, 0.3) is 0 Å². The summed E-state index contributed by atoms with van der Waals surface area (Å²) in [5.41, 5.74) is 8.23. The van der Waals surface area contributed by atoms with E-state index in [9.17, 15) is 4.79 Å². The second-order valence-corrected chi connectivity index (χ2v) is 5.96. The highest BCUT2D eigenvalue weighted by molar-refractivity contribution is 5.90. The van der Waals surface area contributed by atoms with Crippen LogP contribution in [0.5, 0.6) is 0 Å². The molecule has 0 saturated heterocycles. The molecule has 1 amide bonds.